The summed E-state index contributed by atoms with van der Waals surface area (Å²) in [7, 11) is 1.66. The molecule has 1 amide bonds. The van der Waals surface area contributed by atoms with Crippen LogP contribution in [0.2, 0.25) is 0 Å². The van der Waals surface area contributed by atoms with Crippen LogP contribution in [0.25, 0.3) is 26.4 Å². The summed E-state index contributed by atoms with van der Waals surface area (Å²) in [5.41, 5.74) is 3.69. The molecular formula is C23H24N4O3S. The number of nitrogens with one attached hydrogen (secondary N) is 1. The molecule has 3 heterocycles. The van der Waals surface area contributed by atoms with Crippen LogP contribution in [0.1, 0.15) is 10.4 Å². The number of hydrogen-bond donors (Lipinski definition) is 1. The fourth-order valence-corrected chi connectivity index (χ4v) is 4.84. The van der Waals surface area contributed by atoms with Crippen LogP contribution in [0.4, 0.5) is 0 Å². The summed E-state index contributed by atoms with van der Waals surface area (Å²) in [5, 5.41) is 3.03. The van der Waals surface area contributed by atoms with Crippen molar-refractivity contribution in [2.24, 2.45) is 0 Å². The number of thiazole rings is 1. The van der Waals surface area contributed by atoms with Crippen molar-refractivity contribution in [3.8, 4) is 17.0 Å². The van der Waals surface area contributed by atoms with Crippen LogP contribution < -0.4 is 10.1 Å². The van der Waals surface area contributed by atoms with Gasteiger partial charge in [-0.15, -0.1) is 0 Å². The first-order valence-corrected chi connectivity index (χ1v) is 11.2. The van der Waals surface area contributed by atoms with Crippen molar-refractivity contribution in [2.45, 2.75) is 0 Å². The third-order valence-corrected chi connectivity index (χ3v) is 6.58. The van der Waals surface area contributed by atoms with Crippen molar-refractivity contribution in [1.29, 1.82) is 0 Å². The Morgan fingerprint density at radius 2 is 2.00 bits per heavy atom. The maximum absolute atomic E-state index is 12.6. The highest BCUT2D eigenvalue weighted by molar-refractivity contribution is 7.23. The summed E-state index contributed by atoms with van der Waals surface area (Å²) in [4.78, 5) is 20.6. The number of carbonyl (C=O) groups is 1. The van der Waals surface area contributed by atoms with Crippen LogP contribution in [0.15, 0.2) is 48.7 Å². The maximum Gasteiger partial charge on any atom is 0.251 e. The van der Waals surface area contributed by atoms with Crippen LogP contribution in [-0.4, -0.2) is 66.7 Å². The highest BCUT2D eigenvalue weighted by Crippen LogP contribution is 2.30. The van der Waals surface area contributed by atoms with Crippen LogP contribution in [0, 0.1) is 0 Å². The van der Waals surface area contributed by atoms with Crippen LogP contribution in [-0.2, 0) is 4.74 Å². The number of methoxy groups -OCH3 is 1. The molecule has 2 aromatic carbocycles. The number of benzene rings is 2. The Labute approximate surface area is 184 Å². The molecule has 8 heteroatoms. The number of amides is 1. The largest absolute Gasteiger partial charge is 0.497 e. The number of rotatable bonds is 6. The molecule has 0 spiro atoms. The summed E-state index contributed by atoms with van der Waals surface area (Å²) in [6.45, 7) is 4.87. The number of ether oxygens (including phenoxy) is 2. The van der Waals surface area contributed by atoms with E-state index >= 15 is 0 Å². The molecule has 0 unspecified atom stereocenters. The number of morpholine rings is 1. The van der Waals surface area contributed by atoms with Gasteiger partial charge in [-0.2, -0.15) is 0 Å². The molecule has 1 saturated heterocycles. The van der Waals surface area contributed by atoms with Crippen molar-refractivity contribution in [1.82, 2.24) is 19.6 Å². The summed E-state index contributed by atoms with van der Waals surface area (Å²) < 4.78 is 13.7. The van der Waals surface area contributed by atoms with Crippen LogP contribution in [0.3, 0.4) is 0 Å². The minimum atomic E-state index is -0.0416. The predicted octanol–water partition coefficient (Wildman–Crippen LogP) is 3.29. The molecule has 0 radical (unpaired) electrons. The second-order valence-corrected chi connectivity index (χ2v) is 8.51. The zero-order chi connectivity index (χ0) is 21.2. The van der Waals surface area contributed by atoms with Gasteiger partial charge < -0.3 is 14.8 Å². The lowest BCUT2D eigenvalue weighted by atomic mass is 10.1. The zero-order valence-electron chi connectivity index (χ0n) is 17.3. The third-order valence-electron chi connectivity index (χ3n) is 5.56. The molecule has 4 aromatic rings. The fourth-order valence-electron chi connectivity index (χ4n) is 3.80. The first-order valence-electron chi connectivity index (χ1n) is 10.4. The third kappa shape index (κ3) is 4.14. The van der Waals surface area contributed by atoms with E-state index in [4.69, 9.17) is 14.5 Å². The molecule has 0 saturated carbocycles. The quantitative estimate of drug-likeness (QED) is 0.502. The lowest BCUT2D eigenvalue weighted by molar-refractivity contribution is 0.0383. The second kappa shape index (κ2) is 8.66. The van der Waals surface area contributed by atoms with Gasteiger partial charge in [0.05, 0.1) is 36.2 Å². The van der Waals surface area contributed by atoms with Gasteiger partial charge in [0.2, 0.25) is 0 Å². The van der Waals surface area contributed by atoms with E-state index in [-0.39, 0.29) is 5.91 Å². The first kappa shape index (κ1) is 20.0. The first-order chi connectivity index (χ1) is 15.2. The van der Waals surface area contributed by atoms with E-state index in [9.17, 15) is 4.79 Å². The van der Waals surface area contributed by atoms with Crippen molar-refractivity contribution in [2.75, 3.05) is 46.5 Å². The average Bonchev–Trinajstić information content (AvgIpc) is 3.37. The van der Waals surface area contributed by atoms with Gasteiger partial charge >= 0.3 is 0 Å². The van der Waals surface area contributed by atoms with Gasteiger partial charge in [0.25, 0.3) is 5.91 Å². The van der Waals surface area contributed by atoms with E-state index in [0.29, 0.717) is 12.1 Å². The van der Waals surface area contributed by atoms with Gasteiger partial charge in [-0.3, -0.25) is 14.1 Å². The molecule has 1 aliphatic heterocycles. The highest BCUT2D eigenvalue weighted by atomic mass is 32.1. The lowest BCUT2D eigenvalue weighted by Crippen LogP contribution is -2.41. The van der Waals surface area contributed by atoms with E-state index in [1.165, 1.54) is 0 Å². The molecule has 160 valence electrons. The minimum absolute atomic E-state index is 0.0416. The smallest absolute Gasteiger partial charge is 0.251 e. The fraction of sp³-hybridized carbons (Fsp3) is 0.304. The molecule has 0 bridgehead atoms. The van der Waals surface area contributed by atoms with Gasteiger partial charge in [-0.1, -0.05) is 11.3 Å². The maximum atomic E-state index is 12.6. The Balaban J connectivity index is 1.31. The summed E-state index contributed by atoms with van der Waals surface area (Å²) in [6.07, 6.45) is 2.04. The molecule has 5 rings (SSSR count). The lowest BCUT2D eigenvalue weighted by Gasteiger charge is -2.26. The minimum Gasteiger partial charge on any atom is -0.497 e. The Morgan fingerprint density at radius 3 is 2.77 bits per heavy atom. The van der Waals surface area contributed by atoms with Crippen molar-refractivity contribution in [3.63, 3.8) is 0 Å². The van der Waals surface area contributed by atoms with Gasteiger partial charge in [-0.05, 0) is 42.5 Å². The van der Waals surface area contributed by atoms with Gasteiger partial charge in [0.1, 0.15) is 5.75 Å². The standard InChI is InChI=1S/C23H24N4O3S/c1-29-18-5-2-16(3-6-18)19-15-27-20-7-4-17(14-21(20)31-23(27)25-19)22(28)24-8-9-26-10-12-30-13-11-26/h2-7,14-15H,8-13H2,1H3,(H,24,28). The van der Waals surface area contributed by atoms with Crippen LogP contribution in [0.5, 0.6) is 5.75 Å². The highest BCUT2D eigenvalue weighted by Gasteiger charge is 2.14. The molecular weight excluding hydrogens is 412 g/mol. The van der Waals surface area contributed by atoms with E-state index in [0.717, 1.165) is 65.0 Å². The normalized spacial score (nSPS) is 14.9. The van der Waals surface area contributed by atoms with Crippen LogP contribution >= 0.6 is 11.3 Å². The van der Waals surface area contributed by atoms with Gasteiger partial charge in [-0.25, -0.2) is 4.98 Å². The molecule has 31 heavy (non-hydrogen) atoms. The molecule has 1 aliphatic rings. The van der Waals surface area contributed by atoms with Crippen molar-refractivity contribution >= 4 is 32.4 Å². The molecule has 7 nitrogen and oxygen atoms in total. The summed E-state index contributed by atoms with van der Waals surface area (Å²) in [6, 6.07) is 13.7. The van der Waals surface area contributed by atoms with Gasteiger partial charge in [0.15, 0.2) is 4.96 Å². The number of aromatic nitrogens is 2. The second-order valence-electron chi connectivity index (χ2n) is 7.50. The van der Waals surface area contributed by atoms with Gasteiger partial charge in [0, 0.05) is 43.5 Å². The predicted molar refractivity (Wildman–Crippen MR) is 122 cm³/mol. The topological polar surface area (TPSA) is 68.1 Å². The molecule has 0 atom stereocenters. The number of nitrogens with zero attached hydrogens (tertiary/aromatic N) is 3. The number of hydrogen-bond acceptors (Lipinski definition) is 6. The summed E-state index contributed by atoms with van der Waals surface area (Å²) in [5.74, 6) is 0.783. The van der Waals surface area contributed by atoms with Crippen molar-refractivity contribution < 1.29 is 14.3 Å². The van der Waals surface area contributed by atoms with E-state index in [1.807, 2.05) is 48.7 Å². The summed E-state index contributed by atoms with van der Waals surface area (Å²) >= 11 is 1.59. The monoisotopic (exact) mass is 436 g/mol. The van der Waals surface area contributed by atoms with E-state index in [2.05, 4.69) is 14.6 Å². The molecule has 1 fully saturated rings. The van der Waals surface area contributed by atoms with E-state index in [1.54, 1.807) is 18.4 Å². The van der Waals surface area contributed by atoms with E-state index < -0.39 is 0 Å². The molecule has 0 aliphatic carbocycles. The Kier molecular flexibility index (Phi) is 5.59. The average molecular weight is 437 g/mol. The molecule has 2 aromatic heterocycles. The van der Waals surface area contributed by atoms with Crippen molar-refractivity contribution in [3.05, 3.63) is 54.2 Å². The molecule has 1 N–H and O–H groups in total. The SMILES string of the molecule is COc1ccc(-c2cn3c(n2)sc2cc(C(=O)NCCN4CCOCC4)ccc23)cc1. The number of fused-ring (bicyclic) bond motifs is 3. The Morgan fingerprint density at radius 1 is 1.19 bits per heavy atom. The Bertz CT molecular complexity index is 1210. The zero-order valence-corrected chi connectivity index (χ0v) is 18.2. The Hall–Kier alpha value is -2.94. The number of carbonyl (C=O) groups excluding carboxylic acids is 1. The number of imidazole rings is 1.